The van der Waals surface area contributed by atoms with Gasteiger partial charge in [-0.15, -0.1) is 0 Å². The van der Waals surface area contributed by atoms with Crippen LogP contribution in [0, 0.1) is 10.1 Å². The van der Waals surface area contributed by atoms with E-state index in [-0.39, 0.29) is 11.4 Å². The summed E-state index contributed by atoms with van der Waals surface area (Å²) >= 11 is 0. The predicted octanol–water partition coefficient (Wildman–Crippen LogP) is 2.27. The summed E-state index contributed by atoms with van der Waals surface area (Å²) in [6, 6.07) is 4.43. The van der Waals surface area contributed by atoms with Crippen LogP contribution >= 0.6 is 0 Å². The Bertz CT molecular complexity index is 572. The van der Waals surface area contributed by atoms with Crippen molar-refractivity contribution in [2.45, 2.75) is 6.92 Å². The lowest BCUT2D eigenvalue weighted by Gasteiger charge is -1.99. The summed E-state index contributed by atoms with van der Waals surface area (Å²) in [4.78, 5) is 20.8. The largest absolute Gasteiger partial charge is 0.457 e. The van der Waals surface area contributed by atoms with Gasteiger partial charge < -0.3 is 9.15 Å². The first-order valence-corrected chi connectivity index (χ1v) is 4.42. The standard InChI is InChI=1S/C10H7NO5/c1-6(12)16-7-2-3-10-8(4-7)9(5-15-10)11(13)14/h2-5H,1H3. The van der Waals surface area contributed by atoms with Gasteiger partial charge in [-0.3, -0.25) is 14.9 Å². The van der Waals surface area contributed by atoms with Gasteiger partial charge in [0.15, 0.2) is 6.26 Å². The molecule has 1 aromatic heterocycles. The topological polar surface area (TPSA) is 82.6 Å². The van der Waals surface area contributed by atoms with E-state index in [2.05, 4.69) is 0 Å². The number of benzene rings is 1. The number of nitrogens with zero attached hydrogens (tertiary/aromatic N) is 1. The Labute approximate surface area is 89.6 Å². The molecule has 1 heterocycles. The van der Waals surface area contributed by atoms with E-state index in [9.17, 15) is 14.9 Å². The molecular formula is C10H7NO5. The van der Waals surface area contributed by atoms with Crippen LogP contribution < -0.4 is 4.74 Å². The average Bonchev–Trinajstić information content (AvgIpc) is 2.59. The minimum absolute atomic E-state index is 0.149. The SMILES string of the molecule is CC(=O)Oc1ccc2occ([N+](=O)[O-])c2c1. The van der Waals surface area contributed by atoms with Gasteiger partial charge in [-0.2, -0.15) is 0 Å². The second kappa shape index (κ2) is 3.65. The monoisotopic (exact) mass is 221 g/mol. The van der Waals surface area contributed by atoms with E-state index >= 15 is 0 Å². The van der Waals surface area contributed by atoms with Crippen LogP contribution in [0.15, 0.2) is 28.9 Å². The number of carbonyl (C=O) groups is 1. The van der Waals surface area contributed by atoms with Gasteiger partial charge in [0.1, 0.15) is 16.7 Å². The van der Waals surface area contributed by atoms with Crippen LogP contribution in [-0.4, -0.2) is 10.9 Å². The maximum absolute atomic E-state index is 10.7. The molecule has 1 aromatic carbocycles. The molecule has 0 N–H and O–H groups in total. The fourth-order valence-corrected chi connectivity index (χ4v) is 1.37. The van der Waals surface area contributed by atoms with Crippen LogP contribution in [0.1, 0.15) is 6.92 Å². The van der Waals surface area contributed by atoms with E-state index in [0.717, 1.165) is 6.26 Å². The molecule has 0 unspecified atom stereocenters. The van der Waals surface area contributed by atoms with E-state index in [1.54, 1.807) is 0 Å². The molecular weight excluding hydrogens is 214 g/mol. The second-order valence-corrected chi connectivity index (χ2v) is 3.13. The van der Waals surface area contributed by atoms with Gasteiger partial charge in [0.05, 0.1) is 4.92 Å². The van der Waals surface area contributed by atoms with E-state index < -0.39 is 10.9 Å². The van der Waals surface area contributed by atoms with Crippen molar-refractivity contribution in [1.82, 2.24) is 0 Å². The van der Waals surface area contributed by atoms with E-state index in [1.807, 2.05) is 0 Å². The molecule has 0 aliphatic heterocycles. The number of rotatable bonds is 2. The molecule has 0 radical (unpaired) electrons. The summed E-state index contributed by atoms with van der Waals surface area (Å²) < 4.78 is 9.81. The number of furan rings is 1. The van der Waals surface area contributed by atoms with Crippen molar-refractivity contribution in [2.24, 2.45) is 0 Å². The van der Waals surface area contributed by atoms with Crippen molar-refractivity contribution >= 4 is 22.6 Å². The number of carbonyl (C=O) groups excluding carboxylic acids is 1. The fraction of sp³-hybridized carbons (Fsp3) is 0.100. The molecule has 0 saturated carbocycles. The molecule has 0 atom stereocenters. The Morgan fingerprint density at radius 3 is 2.88 bits per heavy atom. The second-order valence-electron chi connectivity index (χ2n) is 3.13. The van der Waals surface area contributed by atoms with Crippen LogP contribution in [0.4, 0.5) is 5.69 Å². The molecule has 16 heavy (non-hydrogen) atoms. The third kappa shape index (κ3) is 1.72. The van der Waals surface area contributed by atoms with Crippen molar-refractivity contribution < 1.29 is 18.9 Å². The molecule has 2 rings (SSSR count). The van der Waals surface area contributed by atoms with Crippen LogP contribution in [0.5, 0.6) is 5.75 Å². The maximum Gasteiger partial charge on any atom is 0.315 e. The molecule has 0 aliphatic rings. The third-order valence-corrected chi connectivity index (χ3v) is 1.98. The summed E-state index contributed by atoms with van der Waals surface area (Å²) in [5.74, 6) is -0.227. The van der Waals surface area contributed by atoms with Gasteiger partial charge >= 0.3 is 11.7 Å². The number of hydrogen-bond acceptors (Lipinski definition) is 5. The van der Waals surface area contributed by atoms with Crippen molar-refractivity contribution in [1.29, 1.82) is 0 Å². The summed E-state index contributed by atoms with van der Waals surface area (Å²) in [5.41, 5.74) is 0.228. The molecule has 0 spiro atoms. The number of esters is 1. The molecule has 0 amide bonds. The van der Waals surface area contributed by atoms with Crippen molar-refractivity contribution in [3.05, 3.63) is 34.6 Å². The van der Waals surface area contributed by atoms with Gasteiger partial charge in [-0.1, -0.05) is 0 Å². The Kier molecular flexibility index (Phi) is 2.32. The zero-order valence-corrected chi connectivity index (χ0v) is 8.30. The van der Waals surface area contributed by atoms with Crippen LogP contribution in [-0.2, 0) is 4.79 Å². The highest BCUT2D eigenvalue weighted by Crippen LogP contribution is 2.30. The van der Waals surface area contributed by atoms with Gasteiger partial charge in [0.25, 0.3) is 0 Å². The zero-order chi connectivity index (χ0) is 11.7. The Morgan fingerprint density at radius 2 is 2.25 bits per heavy atom. The van der Waals surface area contributed by atoms with Crippen molar-refractivity contribution in [3.63, 3.8) is 0 Å². The third-order valence-electron chi connectivity index (χ3n) is 1.98. The molecule has 6 heteroatoms. The smallest absolute Gasteiger partial charge is 0.315 e. The summed E-state index contributed by atoms with van der Waals surface area (Å²) in [7, 11) is 0. The van der Waals surface area contributed by atoms with Gasteiger partial charge in [0.2, 0.25) is 0 Å². The molecule has 0 saturated heterocycles. The lowest BCUT2D eigenvalue weighted by molar-refractivity contribution is -0.383. The van der Waals surface area contributed by atoms with Gasteiger partial charge in [-0.05, 0) is 18.2 Å². The number of hydrogen-bond donors (Lipinski definition) is 0. The Hall–Kier alpha value is -2.37. The van der Waals surface area contributed by atoms with E-state index in [4.69, 9.17) is 9.15 Å². The number of ether oxygens (including phenoxy) is 1. The van der Waals surface area contributed by atoms with Crippen molar-refractivity contribution in [3.8, 4) is 5.75 Å². The highest BCUT2D eigenvalue weighted by molar-refractivity contribution is 5.88. The van der Waals surface area contributed by atoms with Gasteiger partial charge in [-0.25, -0.2) is 0 Å². The molecule has 0 aliphatic carbocycles. The van der Waals surface area contributed by atoms with Crippen LogP contribution in [0.3, 0.4) is 0 Å². The molecule has 6 nitrogen and oxygen atoms in total. The normalized spacial score (nSPS) is 10.3. The lowest BCUT2D eigenvalue weighted by atomic mass is 10.2. The lowest BCUT2D eigenvalue weighted by Crippen LogP contribution is -2.00. The number of nitro groups is 1. The molecule has 82 valence electrons. The first-order chi connectivity index (χ1) is 7.58. The molecule has 0 bridgehead atoms. The fourth-order valence-electron chi connectivity index (χ4n) is 1.37. The zero-order valence-electron chi connectivity index (χ0n) is 8.30. The summed E-state index contributed by atoms with van der Waals surface area (Å²) in [6.45, 7) is 1.26. The summed E-state index contributed by atoms with van der Waals surface area (Å²) in [6.07, 6.45) is 1.06. The minimum Gasteiger partial charge on any atom is -0.457 e. The van der Waals surface area contributed by atoms with E-state index in [1.165, 1.54) is 25.1 Å². The van der Waals surface area contributed by atoms with Gasteiger partial charge in [0, 0.05) is 6.92 Å². The molecule has 2 aromatic rings. The van der Waals surface area contributed by atoms with Crippen LogP contribution in [0.25, 0.3) is 11.0 Å². The predicted molar refractivity (Wildman–Crippen MR) is 54.2 cm³/mol. The first-order valence-electron chi connectivity index (χ1n) is 4.42. The van der Waals surface area contributed by atoms with E-state index in [0.29, 0.717) is 11.0 Å². The summed E-state index contributed by atoms with van der Waals surface area (Å²) in [5, 5.41) is 11.0. The van der Waals surface area contributed by atoms with Crippen molar-refractivity contribution in [2.75, 3.05) is 0 Å². The average molecular weight is 221 g/mol. The maximum atomic E-state index is 10.7. The Balaban J connectivity index is 2.54. The van der Waals surface area contributed by atoms with Crippen LogP contribution in [0.2, 0.25) is 0 Å². The highest BCUT2D eigenvalue weighted by atomic mass is 16.6. The minimum atomic E-state index is -0.552. The highest BCUT2D eigenvalue weighted by Gasteiger charge is 2.16. The molecule has 0 fully saturated rings. The quantitative estimate of drug-likeness (QED) is 0.336. The first kappa shape index (κ1) is 10.2. The Morgan fingerprint density at radius 1 is 1.50 bits per heavy atom. The number of fused-ring (bicyclic) bond motifs is 1.